The van der Waals surface area contributed by atoms with Crippen molar-refractivity contribution in [1.29, 1.82) is 0 Å². The molecule has 1 aliphatic carbocycles. The van der Waals surface area contributed by atoms with Crippen molar-refractivity contribution in [2.24, 2.45) is 0 Å². The van der Waals surface area contributed by atoms with E-state index in [-0.39, 0.29) is 0 Å². The molecule has 4 nitrogen and oxygen atoms in total. The fourth-order valence-electron chi connectivity index (χ4n) is 10.3. The minimum Gasteiger partial charge on any atom is -0.456 e. The van der Waals surface area contributed by atoms with Gasteiger partial charge in [-0.15, -0.1) is 0 Å². The number of rotatable bonds is 5. The zero-order valence-electron chi connectivity index (χ0n) is 32.5. The topological polar surface area (TPSA) is 34.2 Å². The second kappa shape index (κ2) is 12.5. The van der Waals surface area contributed by atoms with Gasteiger partial charge in [-0.05, 0) is 105 Å². The van der Waals surface area contributed by atoms with E-state index in [4.69, 9.17) is 9.40 Å². The van der Waals surface area contributed by atoms with E-state index in [9.17, 15) is 0 Å². The molecule has 0 radical (unpaired) electrons. The van der Waals surface area contributed by atoms with Crippen molar-refractivity contribution in [3.63, 3.8) is 0 Å². The van der Waals surface area contributed by atoms with Gasteiger partial charge in [0.05, 0.1) is 22.4 Å². The molecule has 0 bridgehead atoms. The molecule has 0 saturated carbocycles. The summed E-state index contributed by atoms with van der Waals surface area (Å²) in [5.74, 6) is 1.03. The Labute approximate surface area is 346 Å². The van der Waals surface area contributed by atoms with Gasteiger partial charge in [0.15, 0.2) is 0 Å². The van der Waals surface area contributed by atoms with Gasteiger partial charge in [0.2, 0.25) is 0 Å². The van der Waals surface area contributed by atoms with Crippen molar-refractivity contribution < 1.29 is 4.42 Å². The lowest BCUT2D eigenvalue weighted by Crippen LogP contribution is -2.29. The van der Waals surface area contributed by atoms with E-state index in [1.54, 1.807) is 0 Å². The Kier molecular flexibility index (Phi) is 6.90. The summed E-state index contributed by atoms with van der Waals surface area (Å²) >= 11 is 0. The summed E-state index contributed by atoms with van der Waals surface area (Å²) in [5.41, 5.74) is 18.5. The number of benzene rings is 9. The standard InChI is InChI=1S/C56H35N3O/c1-2-14-36(15-3-1)37-28-32-39(33-29-37)58(40-34-30-38(31-35-40)41-19-12-27-52-53(41)44-18-6-11-26-51(44)60-52)49-24-13-25-50-54(49)56(55-57-47-22-9-10-23-48(47)59(50)55)45-20-7-4-16-42(45)43-17-5-8-21-46(43)56/h1-35H. The van der Waals surface area contributed by atoms with Crippen molar-refractivity contribution in [3.05, 3.63) is 235 Å². The van der Waals surface area contributed by atoms with Crippen LogP contribution in [0, 0.1) is 0 Å². The van der Waals surface area contributed by atoms with Crippen LogP contribution in [-0.4, -0.2) is 9.55 Å². The maximum Gasteiger partial charge on any atom is 0.136 e. The lowest BCUT2D eigenvalue weighted by atomic mass is 9.72. The van der Waals surface area contributed by atoms with Crippen LogP contribution in [0.1, 0.15) is 22.5 Å². The predicted molar refractivity (Wildman–Crippen MR) is 245 cm³/mol. The Hall–Kier alpha value is -7.95. The first-order valence-corrected chi connectivity index (χ1v) is 20.5. The molecule has 2 aliphatic rings. The fourth-order valence-corrected chi connectivity index (χ4v) is 10.3. The molecule has 280 valence electrons. The molecule has 0 fully saturated rings. The number of imidazole rings is 1. The number of nitrogens with zero attached hydrogens (tertiary/aromatic N) is 3. The maximum absolute atomic E-state index is 6.30. The number of furan rings is 1. The van der Waals surface area contributed by atoms with Gasteiger partial charge in [-0.25, -0.2) is 4.98 Å². The number of hydrogen-bond donors (Lipinski definition) is 0. The Morgan fingerprint density at radius 1 is 0.450 bits per heavy atom. The molecule has 13 rings (SSSR count). The smallest absolute Gasteiger partial charge is 0.136 e. The van der Waals surface area contributed by atoms with Crippen molar-refractivity contribution in [1.82, 2.24) is 9.55 Å². The third-order valence-electron chi connectivity index (χ3n) is 12.8. The highest BCUT2D eigenvalue weighted by Crippen LogP contribution is 2.63. The van der Waals surface area contributed by atoms with Crippen LogP contribution >= 0.6 is 0 Å². The second-order valence-electron chi connectivity index (χ2n) is 15.8. The number of fused-ring (bicyclic) bond motifs is 15. The van der Waals surface area contributed by atoms with Gasteiger partial charge in [-0.2, -0.15) is 0 Å². The van der Waals surface area contributed by atoms with Gasteiger partial charge >= 0.3 is 0 Å². The molecule has 60 heavy (non-hydrogen) atoms. The molecule has 0 atom stereocenters. The summed E-state index contributed by atoms with van der Waals surface area (Å²) < 4.78 is 8.72. The van der Waals surface area contributed by atoms with E-state index in [0.717, 1.165) is 72.7 Å². The van der Waals surface area contributed by atoms with E-state index >= 15 is 0 Å². The summed E-state index contributed by atoms with van der Waals surface area (Å²) in [5, 5.41) is 2.26. The highest BCUT2D eigenvalue weighted by atomic mass is 16.3. The van der Waals surface area contributed by atoms with Gasteiger partial charge in [0, 0.05) is 27.7 Å². The highest BCUT2D eigenvalue weighted by molar-refractivity contribution is 6.12. The average molecular weight is 766 g/mol. The molecular weight excluding hydrogens is 731 g/mol. The van der Waals surface area contributed by atoms with E-state index < -0.39 is 5.41 Å². The van der Waals surface area contributed by atoms with Crippen LogP contribution in [-0.2, 0) is 5.41 Å². The molecule has 0 amide bonds. The normalized spacial score (nSPS) is 13.1. The molecule has 4 heteroatoms. The lowest BCUT2D eigenvalue weighted by molar-refractivity contribution is 0.669. The molecule has 1 aliphatic heterocycles. The van der Waals surface area contributed by atoms with Crippen LogP contribution in [0.4, 0.5) is 17.1 Å². The van der Waals surface area contributed by atoms with Gasteiger partial charge in [0.1, 0.15) is 22.4 Å². The van der Waals surface area contributed by atoms with Crippen LogP contribution in [0.15, 0.2) is 217 Å². The number of para-hydroxylation sites is 3. The van der Waals surface area contributed by atoms with Crippen molar-refractivity contribution in [2.45, 2.75) is 5.41 Å². The van der Waals surface area contributed by atoms with E-state index in [2.05, 4.69) is 210 Å². The minimum absolute atomic E-state index is 0.668. The van der Waals surface area contributed by atoms with Gasteiger partial charge in [0.25, 0.3) is 0 Å². The summed E-state index contributed by atoms with van der Waals surface area (Å²) in [7, 11) is 0. The summed E-state index contributed by atoms with van der Waals surface area (Å²) in [4.78, 5) is 8.01. The van der Waals surface area contributed by atoms with Crippen LogP contribution in [0.25, 0.3) is 72.0 Å². The summed E-state index contributed by atoms with van der Waals surface area (Å²) in [6.45, 7) is 0. The minimum atomic E-state index is -0.668. The van der Waals surface area contributed by atoms with Gasteiger partial charge in [-0.1, -0.05) is 152 Å². The molecule has 0 unspecified atom stereocenters. The Bertz CT molecular complexity index is 3440. The Morgan fingerprint density at radius 2 is 1.03 bits per heavy atom. The SMILES string of the molecule is c1ccc(-c2ccc(N(c3ccc(-c4cccc5oc6ccccc6c45)cc3)c3cccc4c3C3(c5ccccc5-c5ccccc53)c3nc5ccccc5n3-4)cc2)cc1. The molecule has 11 aromatic rings. The second-order valence-corrected chi connectivity index (χ2v) is 15.8. The maximum atomic E-state index is 6.30. The van der Waals surface area contributed by atoms with E-state index in [1.165, 1.54) is 38.9 Å². The largest absolute Gasteiger partial charge is 0.456 e. The van der Waals surface area contributed by atoms with Crippen LogP contribution in [0.2, 0.25) is 0 Å². The third-order valence-corrected chi connectivity index (χ3v) is 12.8. The third kappa shape index (κ3) is 4.47. The molecule has 0 N–H and O–H groups in total. The molecule has 3 heterocycles. The fraction of sp³-hybridized carbons (Fsp3) is 0.0179. The van der Waals surface area contributed by atoms with Crippen LogP contribution in [0.5, 0.6) is 0 Å². The first-order chi connectivity index (χ1) is 29.8. The zero-order chi connectivity index (χ0) is 39.4. The van der Waals surface area contributed by atoms with Gasteiger partial charge in [-0.3, -0.25) is 4.57 Å². The highest BCUT2D eigenvalue weighted by Gasteiger charge is 2.55. The quantitative estimate of drug-likeness (QED) is 0.175. The van der Waals surface area contributed by atoms with Crippen molar-refractivity contribution >= 4 is 50.0 Å². The zero-order valence-corrected chi connectivity index (χ0v) is 32.5. The Morgan fingerprint density at radius 3 is 1.80 bits per heavy atom. The van der Waals surface area contributed by atoms with Crippen molar-refractivity contribution in [2.75, 3.05) is 4.90 Å². The number of anilines is 3. The van der Waals surface area contributed by atoms with E-state index in [0.29, 0.717) is 0 Å². The lowest BCUT2D eigenvalue weighted by Gasteiger charge is -2.34. The monoisotopic (exact) mass is 765 g/mol. The van der Waals surface area contributed by atoms with Crippen LogP contribution in [0.3, 0.4) is 0 Å². The first kappa shape index (κ1) is 33.1. The first-order valence-electron chi connectivity index (χ1n) is 20.5. The molecule has 9 aromatic carbocycles. The van der Waals surface area contributed by atoms with Crippen molar-refractivity contribution in [3.8, 4) is 39.1 Å². The van der Waals surface area contributed by atoms with Crippen LogP contribution < -0.4 is 4.90 Å². The van der Waals surface area contributed by atoms with E-state index in [1.807, 2.05) is 12.1 Å². The molecule has 0 saturated heterocycles. The number of hydrogen-bond acceptors (Lipinski definition) is 3. The predicted octanol–water partition coefficient (Wildman–Crippen LogP) is 14.4. The summed E-state index contributed by atoms with van der Waals surface area (Å²) in [6.07, 6.45) is 0. The summed E-state index contributed by atoms with van der Waals surface area (Å²) in [6, 6.07) is 76.6. The average Bonchev–Trinajstić information content (AvgIpc) is 4.05. The van der Waals surface area contributed by atoms with Gasteiger partial charge < -0.3 is 9.32 Å². The molecular formula is C56H35N3O. The molecule has 2 aromatic heterocycles. The number of aromatic nitrogens is 2. The molecule has 1 spiro atoms. The Balaban J connectivity index is 1.07.